The SMILES string of the molecule is COc1ccc(CC(=O)N(CCCN)C2CCC2)cc1. The van der Waals surface area contributed by atoms with E-state index in [1.807, 2.05) is 29.2 Å². The number of nitrogens with zero attached hydrogens (tertiary/aromatic N) is 1. The fourth-order valence-corrected chi connectivity index (χ4v) is 2.49. The normalized spacial score (nSPS) is 14.7. The van der Waals surface area contributed by atoms with E-state index in [1.54, 1.807) is 7.11 Å². The van der Waals surface area contributed by atoms with Gasteiger partial charge in [0.15, 0.2) is 0 Å². The molecule has 0 atom stereocenters. The highest BCUT2D eigenvalue weighted by Crippen LogP contribution is 2.25. The van der Waals surface area contributed by atoms with E-state index in [-0.39, 0.29) is 5.91 Å². The van der Waals surface area contributed by atoms with Gasteiger partial charge in [0.25, 0.3) is 0 Å². The predicted molar refractivity (Wildman–Crippen MR) is 79.7 cm³/mol. The van der Waals surface area contributed by atoms with Crippen LogP contribution in [-0.2, 0) is 11.2 Å². The Morgan fingerprint density at radius 2 is 2.05 bits per heavy atom. The summed E-state index contributed by atoms with van der Waals surface area (Å²) in [6.45, 7) is 1.43. The van der Waals surface area contributed by atoms with Gasteiger partial charge < -0.3 is 15.4 Å². The molecule has 4 heteroatoms. The predicted octanol–water partition coefficient (Wildman–Crippen LogP) is 1.97. The van der Waals surface area contributed by atoms with Crippen LogP contribution in [-0.4, -0.2) is 37.0 Å². The van der Waals surface area contributed by atoms with E-state index in [1.165, 1.54) is 6.42 Å². The van der Waals surface area contributed by atoms with Crippen LogP contribution < -0.4 is 10.5 Å². The summed E-state index contributed by atoms with van der Waals surface area (Å²) in [4.78, 5) is 14.5. The van der Waals surface area contributed by atoms with E-state index in [4.69, 9.17) is 10.5 Å². The number of methoxy groups -OCH3 is 1. The van der Waals surface area contributed by atoms with Crippen molar-refractivity contribution in [1.29, 1.82) is 0 Å². The van der Waals surface area contributed by atoms with Crippen molar-refractivity contribution in [3.05, 3.63) is 29.8 Å². The average molecular weight is 276 g/mol. The second kappa shape index (κ2) is 7.29. The van der Waals surface area contributed by atoms with Crippen molar-refractivity contribution in [2.75, 3.05) is 20.2 Å². The summed E-state index contributed by atoms with van der Waals surface area (Å²) in [6.07, 6.45) is 4.85. The molecule has 1 aliphatic rings. The maximum Gasteiger partial charge on any atom is 0.227 e. The Bertz CT molecular complexity index is 427. The number of benzene rings is 1. The van der Waals surface area contributed by atoms with E-state index in [2.05, 4.69) is 0 Å². The quantitative estimate of drug-likeness (QED) is 0.828. The van der Waals surface area contributed by atoms with Crippen LogP contribution in [0.25, 0.3) is 0 Å². The van der Waals surface area contributed by atoms with E-state index in [9.17, 15) is 4.79 Å². The van der Waals surface area contributed by atoms with Crippen LogP contribution in [0, 0.1) is 0 Å². The van der Waals surface area contributed by atoms with Gasteiger partial charge in [0.2, 0.25) is 5.91 Å². The van der Waals surface area contributed by atoms with Gasteiger partial charge in [-0.1, -0.05) is 12.1 Å². The minimum Gasteiger partial charge on any atom is -0.497 e. The molecule has 1 aliphatic carbocycles. The van der Waals surface area contributed by atoms with Crippen LogP contribution in [0.15, 0.2) is 24.3 Å². The van der Waals surface area contributed by atoms with Gasteiger partial charge in [0.05, 0.1) is 13.5 Å². The van der Waals surface area contributed by atoms with Gasteiger partial charge in [-0.2, -0.15) is 0 Å². The molecule has 1 aromatic carbocycles. The van der Waals surface area contributed by atoms with Crippen molar-refractivity contribution in [2.45, 2.75) is 38.1 Å². The van der Waals surface area contributed by atoms with Crippen molar-refractivity contribution < 1.29 is 9.53 Å². The Hall–Kier alpha value is -1.55. The molecule has 1 aromatic rings. The Morgan fingerprint density at radius 3 is 2.55 bits per heavy atom. The highest BCUT2D eigenvalue weighted by Gasteiger charge is 2.28. The van der Waals surface area contributed by atoms with Crippen molar-refractivity contribution in [1.82, 2.24) is 4.90 Å². The smallest absolute Gasteiger partial charge is 0.227 e. The first kappa shape index (κ1) is 14.9. The maximum atomic E-state index is 12.5. The largest absolute Gasteiger partial charge is 0.497 e. The summed E-state index contributed by atoms with van der Waals surface area (Å²) in [5.74, 6) is 1.04. The Labute approximate surface area is 120 Å². The fourth-order valence-electron chi connectivity index (χ4n) is 2.49. The number of nitrogens with two attached hydrogens (primary N) is 1. The topological polar surface area (TPSA) is 55.6 Å². The molecule has 0 spiro atoms. The second-order valence-corrected chi connectivity index (χ2v) is 5.34. The highest BCUT2D eigenvalue weighted by atomic mass is 16.5. The zero-order chi connectivity index (χ0) is 14.4. The lowest BCUT2D eigenvalue weighted by Crippen LogP contribution is -2.45. The minimum atomic E-state index is 0.216. The van der Waals surface area contributed by atoms with Crippen LogP contribution in [0.5, 0.6) is 5.75 Å². The van der Waals surface area contributed by atoms with Gasteiger partial charge in [-0.25, -0.2) is 0 Å². The molecule has 0 bridgehead atoms. The second-order valence-electron chi connectivity index (χ2n) is 5.34. The van der Waals surface area contributed by atoms with Gasteiger partial charge in [0, 0.05) is 12.6 Å². The molecular formula is C16H24N2O2. The molecule has 110 valence electrons. The van der Waals surface area contributed by atoms with Crippen LogP contribution in [0.4, 0.5) is 0 Å². The molecule has 2 rings (SSSR count). The van der Waals surface area contributed by atoms with Crippen molar-refractivity contribution in [3.8, 4) is 5.75 Å². The summed E-state index contributed by atoms with van der Waals surface area (Å²) in [6, 6.07) is 8.15. The Morgan fingerprint density at radius 1 is 1.35 bits per heavy atom. The number of rotatable bonds is 7. The van der Waals surface area contributed by atoms with E-state index < -0.39 is 0 Å². The van der Waals surface area contributed by atoms with Crippen LogP contribution in [0.2, 0.25) is 0 Å². The number of ether oxygens (including phenoxy) is 1. The lowest BCUT2D eigenvalue weighted by molar-refractivity contribution is -0.134. The first-order chi connectivity index (χ1) is 9.74. The number of amides is 1. The van der Waals surface area contributed by atoms with Crippen LogP contribution in [0.1, 0.15) is 31.2 Å². The maximum absolute atomic E-state index is 12.5. The zero-order valence-electron chi connectivity index (χ0n) is 12.2. The summed E-state index contributed by atoms with van der Waals surface area (Å²) >= 11 is 0. The average Bonchev–Trinajstić information content (AvgIpc) is 2.42. The first-order valence-electron chi connectivity index (χ1n) is 7.37. The number of carbonyl (C=O) groups excluding carboxylic acids is 1. The van der Waals surface area contributed by atoms with Gasteiger partial charge in [0.1, 0.15) is 5.75 Å². The van der Waals surface area contributed by atoms with Gasteiger partial charge in [-0.15, -0.1) is 0 Å². The molecule has 0 aliphatic heterocycles. The molecule has 1 fully saturated rings. The third-order valence-corrected chi connectivity index (χ3v) is 3.95. The third-order valence-electron chi connectivity index (χ3n) is 3.95. The molecule has 4 nitrogen and oxygen atoms in total. The molecule has 1 amide bonds. The van der Waals surface area contributed by atoms with Gasteiger partial charge in [-0.3, -0.25) is 4.79 Å². The molecule has 0 aromatic heterocycles. The monoisotopic (exact) mass is 276 g/mol. The number of hydrogen-bond acceptors (Lipinski definition) is 3. The number of carbonyl (C=O) groups is 1. The molecular weight excluding hydrogens is 252 g/mol. The summed E-state index contributed by atoms with van der Waals surface area (Å²) in [5.41, 5.74) is 6.60. The summed E-state index contributed by atoms with van der Waals surface area (Å²) in [7, 11) is 1.64. The minimum absolute atomic E-state index is 0.216. The molecule has 0 saturated heterocycles. The lowest BCUT2D eigenvalue weighted by Gasteiger charge is -2.37. The third kappa shape index (κ3) is 3.73. The van der Waals surface area contributed by atoms with Crippen LogP contribution in [0.3, 0.4) is 0 Å². The highest BCUT2D eigenvalue weighted by molar-refractivity contribution is 5.79. The first-order valence-corrected chi connectivity index (χ1v) is 7.37. The molecule has 20 heavy (non-hydrogen) atoms. The Kier molecular flexibility index (Phi) is 5.41. The summed E-state index contributed by atoms with van der Waals surface area (Å²) in [5, 5.41) is 0. The molecule has 2 N–H and O–H groups in total. The fraction of sp³-hybridized carbons (Fsp3) is 0.562. The molecule has 0 radical (unpaired) electrons. The molecule has 0 heterocycles. The van der Waals surface area contributed by atoms with Crippen LogP contribution >= 0.6 is 0 Å². The summed E-state index contributed by atoms with van der Waals surface area (Å²) < 4.78 is 5.13. The van der Waals surface area contributed by atoms with Crippen molar-refractivity contribution in [2.24, 2.45) is 5.73 Å². The standard InChI is InChI=1S/C16H24N2O2/c1-20-15-8-6-13(7-9-15)12-16(19)18(11-3-10-17)14-4-2-5-14/h6-9,14H,2-5,10-12,17H2,1H3. The molecule has 0 unspecified atom stereocenters. The van der Waals surface area contributed by atoms with E-state index >= 15 is 0 Å². The lowest BCUT2D eigenvalue weighted by atomic mass is 9.91. The van der Waals surface area contributed by atoms with Gasteiger partial charge in [-0.05, 0) is 49.9 Å². The van der Waals surface area contributed by atoms with E-state index in [0.29, 0.717) is 19.0 Å². The van der Waals surface area contributed by atoms with Crippen molar-refractivity contribution >= 4 is 5.91 Å². The zero-order valence-corrected chi connectivity index (χ0v) is 12.2. The van der Waals surface area contributed by atoms with Gasteiger partial charge >= 0.3 is 0 Å². The van der Waals surface area contributed by atoms with Crippen molar-refractivity contribution in [3.63, 3.8) is 0 Å². The number of hydrogen-bond donors (Lipinski definition) is 1. The molecule has 1 saturated carbocycles. The Balaban J connectivity index is 1.95. The van der Waals surface area contributed by atoms with E-state index in [0.717, 1.165) is 37.1 Å².